The molecule has 0 rings (SSSR count). The lowest BCUT2D eigenvalue weighted by Crippen LogP contribution is -2.07. The van der Waals surface area contributed by atoms with Crippen LogP contribution >= 0.6 is 24.8 Å². The van der Waals surface area contributed by atoms with Crippen LogP contribution in [0.4, 0.5) is 0 Å². The van der Waals surface area contributed by atoms with Gasteiger partial charge >= 0.3 is 0 Å². The average molecular weight is 150 g/mol. The zero-order valence-corrected chi connectivity index (χ0v) is 6.76. The molecule has 0 aromatic carbocycles. The van der Waals surface area contributed by atoms with E-state index in [2.05, 4.69) is 24.8 Å². The Balaban J connectivity index is 3.24. The Kier molecular flexibility index (Phi) is 4.28. The molecule has 3 heteroatoms. The summed E-state index contributed by atoms with van der Waals surface area (Å²) in [6.07, 6.45) is 1.18. The Morgan fingerprint density at radius 1 is 1.88 bits per heavy atom. The topological polar surface area (TPSA) is 9.23 Å². The predicted octanol–water partition coefficient (Wildman–Crippen LogP) is 2.02. The Morgan fingerprint density at radius 3 is 2.50 bits per heavy atom. The lowest BCUT2D eigenvalue weighted by Gasteiger charge is -2.08. The van der Waals surface area contributed by atoms with Crippen LogP contribution in [0.2, 0.25) is 0 Å². The van der Waals surface area contributed by atoms with Crippen LogP contribution in [-0.2, 0) is 4.74 Å². The number of rotatable bonds is 2. The van der Waals surface area contributed by atoms with Gasteiger partial charge in [-0.25, -0.2) is 0 Å². The molecule has 1 nitrogen and oxygen atoms in total. The van der Waals surface area contributed by atoms with Crippen LogP contribution in [0.25, 0.3) is 0 Å². The highest BCUT2D eigenvalue weighted by Crippen LogP contribution is 1.98. The van der Waals surface area contributed by atoms with E-state index < -0.39 is 0 Å². The molecule has 8 heavy (non-hydrogen) atoms. The van der Waals surface area contributed by atoms with Crippen molar-refractivity contribution in [3.63, 3.8) is 0 Å². The maximum atomic E-state index is 4.99. The van der Waals surface area contributed by atoms with Gasteiger partial charge in [0.25, 0.3) is 0 Å². The van der Waals surface area contributed by atoms with Gasteiger partial charge in [0.1, 0.15) is 0 Å². The van der Waals surface area contributed by atoms with E-state index in [1.54, 1.807) is 0 Å². The van der Waals surface area contributed by atoms with Crippen molar-refractivity contribution in [3.8, 4) is 0 Å². The van der Waals surface area contributed by atoms with E-state index >= 15 is 0 Å². The molecule has 0 aliphatic heterocycles. The molecule has 0 bridgehead atoms. The third kappa shape index (κ3) is 4.40. The number of ether oxygens (including phenoxy) is 1. The Morgan fingerprint density at radius 2 is 2.38 bits per heavy atom. The average Bonchev–Trinajstić information content (AvgIpc) is 1.65. The molecule has 0 N–H and O–H groups in total. The van der Waals surface area contributed by atoms with Crippen LogP contribution in [-0.4, -0.2) is 10.5 Å². The van der Waals surface area contributed by atoms with Crippen molar-refractivity contribution >= 4 is 29.2 Å². The minimum absolute atomic E-state index is 0.208. The molecule has 0 fully saturated rings. The van der Waals surface area contributed by atoms with Crippen LogP contribution in [0, 0.1) is 0 Å². The first-order chi connectivity index (χ1) is 3.66. The summed E-state index contributed by atoms with van der Waals surface area (Å²) in [5.41, 5.74) is 0. The number of hydrogen-bond acceptors (Lipinski definition) is 2. The standard InChI is InChI=1S/C5H10OS2/c1-3-4(2)6-5(7)8/h4H,3H2,1-2H3,(H,7,8). The van der Waals surface area contributed by atoms with E-state index in [1.165, 1.54) is 0 Å². The molecular formula is C5H10OS2. The van der Waals surface area contributed by atoms with Crippen molar-refractivity contribution in [2.45, 2.75) is 26.4 Å². The highest BCUT2D eigenvalue weighted by Gasteiger charge is 1.97. The van der Waals surface area contributed by atoms with Crippen LogP contribution in [0.15, 0.2) is 0 Å². The third-order valence-corrected chi connectivity index (χ3v) is 1.08. The summed E-state index contributed by atoms with van der Waals surface area (Å²) in [5, 5.41) is 0. The molecule has 0 saturated carbocycles. The van der Waals surface area contributed by atoms with Gasteiger partial charge in [-0.1, -0.05) is 19.6 Å². The van der Waals surface area contributed by atoms with E-state index in [1.807, 2.05) is 13.8 Å². The first-order valence-electron chi connectivity index (χ1n) is 2.56. The zero-order chi connectivity index (χ0) is 6.57. The Hall–Kier alpha value is 0.240. The molecule has 1 unspecified atom stereocenters. The highest BCUT2D eigenvalue weighted by molar-refractivity contribution is 8.10. The van der Waals surface area contributed by atoms with Gasteiger partial charge in [-0.3, -0.25) is 0 Å². The fraction of sp³-hybridized carbons (Fsp3) is 0.800. The van der Waals surface area contributed by atoms with E-state index in [0.29, 0.717) is 4.38 Å². The van der Waals surface area contributed by atoms with Crippen LogP contribution in [0.1, 0.15) is 20.3 Å². The minimum atomic E-state index is 0.208. The van der Waals surface area contributed by atoms with E-state index in [0.717, 1.165) is 6.42 Å². The maximum absolute atomic E-state index is 4.99. The monoisotopic (exact) mass is 150 g/mol. The summed E-state index contributed by atoms with van der Waals surface area (Å²) in [4.78, 5) is 0. The smallest absolute Gasteiger partial charge is 0.217 e. The molecule has 48 valence electrons. The SMILES string of the molecule is CCC(C)OC(=S)S. The van der Waals surface area contributed by atoms with E-state index in [4.69, 9.17) is 4.74 Å². The molecule has 0 aromatic heterocycles. The van der Waals surface area contributed by atoms with Crippen molar-refractivity contribution in [1.82, 2.24) is 0 Å². The van der Waals surface area contributed by atoms with Crippen molar-refractivity contribution in [1.29, 1.82) is 0 Å². The zero-order valence-electron chi connectivity index (χ0n) is 5.05. The highest BCUT2D eigenvalue weighted by atomic mass is 32.1. The van der Waals surface area contributed by atoms with Gasteiger partial charge < -0.3 is 4.74 Å². The van der Waals surface area contributed by atoms with Crippen molar-refractivity contribution in [2.75, 3.05) is 0 Å². The lowest BCUT2D eigenvalue weighted by atomic mass is 10.3. The maximum Gasteiger partial charge on any atom is 0.217 e. The molecule has 0 aliphatic rings. The predicted molar refractivity (Wildman–Crippen MR) is 42.4 cm³/mol. The second-order valence-corrected chi connectivity index (χ2v) is 2.68. The van der Waals surface area contributed by atoms with Crippen molar-refractivity contribution in [2.24, 2.45) is 0 Å². The van der Waals surface area contributed by atoms with Crippen LogP contribution in [0.3, 0.4) is 0 Å². The van der Waals surface area contributed by atoms with Gasteiger partial charge in [-0.2, -0.15) is 0 Å². The quantitative estimate of drug-likeness (QED) is 0.476. The van der Waals surface area contributed by atoms with E-state index in [9.17, 15) is 0 Å². The summed E-state index contributed by atoms with van der Waals surface area (Å²) in [6, 6.07) is 0. The molecule has 0 heterocycles. The van der Waals surface area contributed by atoms with Gasteiger partial charge in [-0.05, 0) is 25.6 Å². The second kappa shape index (κ2) is 4.15. The van der Waals surface area contributed by atoms with Crippen LogP contribution in [0.5, 0.6) is 0 Å². The van der Waals surface area contributed by atoms with Gasteiger partial charge in [0.2, 0.25) is 4.38 Å². The van der Waals surface area contributed by atoms with Gasteiger partial charge in [0.15, 0.2) is 0 Å². The van der Waals surface area contributed by atoms with Crippen molar-refractivity contribution in [3.05, 3.63) is 0 Å². The molecule has 0 radical (unpaired) electrons. The normalized spacial score (nSPS) is 12.9. The molecular weight excluding hydrogens is 140 g/mol. The fourth-order valence-electron chi connectivity index (χ4n) is 0.255. The Labute approximate surface area is 60.8 Å². The Bertz CT molecular complexity index is 82.5. The summed E-state index contributed by atoms with van der Waals surface area (Å²) in [6.45, 7) is 4.00. The first kappa shape index (κ1) is 8.24. The molecule has 0 aliphatic carbocycles. The molecule has 0 amide bonds. The number of thiol groups is 1. The summed E-state index contributed by atoms with van der Waals surface area (Å²) in [5.74, 6) is 0. The first-order valence-corrected chi connectivity index (χ1v) is 3.42. The lowest BCUT2D eigenvalue weighted by molar-refractivity contribution is 0.217. The second-order valence-electron chi connectivity index (χ2n) is 1.60. The van der Waals surface area contributed by atoms with E-state index in [-0.39, 0.29) is 6.10 Å². The molecule has 0 spiro atoms. The van der Waals surface area contributed by atoms with Gasteiger partial charge in [0, 0.05) is 0 Å². The molecule has 1 atom stereocenters. The molecule has 0 aromatic rings. The summed E-state index contributed by atoms with van der Waals surface area (Å²) >= 11 is 8.38. The number of thiocarbonyl (C=S) groups is 1. The molecule has 0 saturated heterocycles. The fourth-order valence-corrected chi connectivity index (χ4v) is 0.600. The summed E-state index contributed by atoms with van der Waals surface area (Å²) in [7, 11) is 0. The van der Waals surface area contributed by atoms with Gasteiger partial charge in [0.05, 0.1) is 6.10 Å². The van der Waals surface area contributed by atoms with Crippen LogP contribution < -0.4 is 0 Å². The van der Waals surface area contributed by atoms with Gasteiger partial charge in [-0.15, -0.1) is 0 Å². The largest absolute Gasteiger partial charge is 0.476 e. The third-order valence-electron chi connectivity index (χ3n) is 0.877. The number of hydrogen-bond donors (Lipinski definition) is 1. The minimum Gasteiger partial charge on any atom is -0.476 e. The van der Waals surface area contributed by atoms with Crippen molar-refractivity contribution < 1.29 is 4.74 Å². The summed E-state index contributed by atoms with van der Waals surface area (Å²) < 4.78 is 5.33.